The molecule has 0 radical (unpaired) electrons. The lowest BCUT2D eigenvalue weighted by Crippen LogP contribution is -2.32. The summed E-state index contributed by atoms with van der Waals surface area (Å²) < 4.78 is 1.92. The highest BCUT2D eigenvalue weighted by atomic mass is 16.3. The van der Waals surface area contributed by atoms with Crippen LogP contribution in [0.5, 0.6) is 0 Å². The first-order chi connectivity index (χ1) is 7.82. The van der Waals surface area contributed by atoms with Gasteiger partial charge in [0, 0.05) is 30.4 Å². The molecule has 0 fully saturated rings. The molecule has 0 aliphatic carbocycles. The Balaban J connectivity index is 2.72. The Morgan fingerprint density at radius 2 is 1.88 bits per heavy atom. The monoisotopic (exact) mass is 239 g/mol. The third-order valence-electron chi connectivity index (χ3n) is 3.23. The van der Waals surface area contributed by atoms with E-state index in [9.17, 15) is 5.11 Å². The van der Waals surface area contributed by atoms with Gasteiger partial charge >= 0.3 is 0 Å². The van der Waals surface area contributed by atoms with Gasteiger partial charge in [0.05, 0.1) is 11.8 Å². The van der Waals surface area contributed by atoms with Crippen molar-refractivity contribution in [3.05, 3.63) is 17.0 Å². The van der Waals surface area contributed by atoms with Gasteiger partial charge in [-0.2, -0.15) is 5.10 Å². The molecule has 0 spiro atoms. The van der Waals surface area contributed by atoms with Crippen LogP contribution in [-0.2, 0) is 7.05 Å². The van der Waals surface area contributed by atoms with Crippen LogP contribution < -0.4 is 5.32 Å². The molecule has 1 aromatic rings. The lowest BCUT2D eigenvalue weighted by Gasteiger charge is -2.21. The van der Waals surface area contributed by atoms with Gasteiger partial charge in [-0.15, -0.1) is 0 Å². The fraction of sp³-hybridized carbons (Fsp3) is 0.769. The summed E-state index contributed by atoms with van der Waals surface area (Å²) in [6.07, 6.45) is 0.503. The Bertz CT molecular complexity index is 371. The summed E-state index contributed by atoms with van der Waals surface area (Å²) in [4.78, 5) is 0. The molecule has 0 bridgehead atoms. The first kappa shape index (κ1) is 14.2. The lowest BCUT2D eigenvalue weighted by molar-refractivity contribution is 0.168. The van der Waals surface area contributed by atoms with Crippen LogP contribution in [0, 0.1) is 13.8 Å². The summed E-state index contributed by atoms with van der Waals surface area (Å²) in [6.45, 7) is 10.2. The van der Waals surface area contributed by atoms with Gasteiger partial charge in [0.1, 0.15) is 0 Å². The Morgan fingerprint density at radius 3 is 2.29 bits per heavy atom. The van der Waals surface area contributed by atoms with Crippen molar-refractivity contribution in [3.63, 3.8) is 0 Å². The van der Waals surface area contributed by atoms with Crippen molar-refractivity contribution < 1.29 is 5.11 Å². The molecule has 1 heterocycles. The zero-order valence-electron chi connectivity index (χ0n) is 11.8. The average Bonchev–Trinajstić information content (AvgIpc) is 2.39. The molecule has 3 atom stereocenters. The number of aliphatic hydroxyl groups is 1. The second kappa shape index (κ2) is 5.65. The molecule has 0 aliphatic heterocycles. The number of aliphatic hydroxyl groups excluding tert-OH is 1. The molecule has 0 saturated carbocycles. The normalized spacial score (nSPS) is 16.9. The summed E-state index contributed by atoms with van der Waals surface area (Å²) in [5.74, 6) is 0. The average molecular weight is 239 g/mol. The van der Waals surface area contributed by atoms with Crippen molar-refractivity contribution in [2.45, 2.75) is 59.2 Å². The highest BCUT2D eigenvalue weighted by molar-refractivity contribution is 5.27. The molecule has 1 rings (SSSR count). The summed E-state index contributed by atoms with van der Waals surface area (Å²) >= 11 is 0. The fourth-order valence-electron chi connectivity index (χ4n) is 2.51. The van der Waals surface area contributed by atoms with E-state index >= 15 is 0 Å². The van der Waals surface area contributed by atoms with E-state index in [0.717, 1.165) is 12.1 Å². The molecule has 4 nitrogen and oxygen atoms in total. The summed E-state index contributed by atoms with van der Waals surface area (Å²) in [7, 11) is 1.97. The summed E-state index contributed by atoms with van der Waals surface area (Å²) in [5.41, 5.74) is 3.55. The smallest absolute Gasteiger partial charge is 0.0644 e. The lowest BCUT2D eigenvalue weighted by atomic mass is 10.0. The predicted octanol–water partition coefficient (Wildman–Crippen LogP) is 1.85. The minimum atomic E-state index is -0.263. The minimum absolute atomic E-state index is 0.262. The van der Waals surface area contributed by atoms with Gasteiger partial charge in [-0.05, 0) is 41.0 Å². The van der Waals surface area contributed by atoms with Crippen LogP contribution in [0.4, 0.5) is 0 Å². The second-order valence-corrected chi connectivity index (χ2v) is 5.08. The van der Waals surface area contributed by atoms with Crippen molar-refractivity contribution in [1.82, 2.24) is 15.1 Å². The number of aromatic nitrogens is 2. The van der Waals surface area contributed by atoms with Gasteiger partial charge in [0.15, 0.2) is 0 Å². The molecule has 4 heteroatoms. The molecule has 0 aliphatic rings. The number of hydrogen-bond acceptors (Lipinski definition) is 3. The van der Waals surface area contributed by atoms with Crippen LogP contribution in [0.1, 0.15) is 50.2 Å². The summed E-state index contributed by atoms with van der Waals surface area (Å²) in [6, 6.07) is 0.557. The van der Waals surface area contributed by atoms with Crippen molar-refractivity contribution >= 4 is 0 Å². The molecule has 2 N–H and O–H groups in total. The van der Waals surface area contributed by atoms with E-state index in [0.29, 0.717) is 6.04 Å². The van der Waals surface area contributed by atoms with Gasteiger partial charge < -0.3 is 10.4 Å². The third-order valence-corrected chi connectivity index (χ3v) is 3.23. The van der Waals surface area contributed by atoms with Gasteiger partial charge in [0.25, 0.3) is 0 Å². The topological polar surface area (TPSA) is 50.1 Å². The predicted molar refractivity (Wildman–Crippen MR) is 70.0 cm³/mol. The Labute approximate surface area is 104 Å². The van der Waals surface area contributed by atoms with E-state index in [4.69, 9.17) is 0 Å². The Morgan fingerprint density at radius 1 is 1.29 bits per heavy atom. The van der Waals surface area contributed by atoms with Gasteiger partial charge in [-0.1, -0.05) is 0 Å². The highest BCUT2D eigenvalue weighted by Crippen LogP contribution is 2.21. The zero-order chi connectivity index (χ0) is 13.2. The quantitative estimate of drug-likeness (QED) is 0.824. The number of hydrogen-bond donors (Lipinski definition) is 2. The third kappa shape index (κ3) is 3.54. The van der Waals surface area contributed by atoms with Crippen LogP contribution >= 0.6 is 0 Å². The number of nitrogens with one attached hydrogen (secondary N) is 1. The maximum absolute atomic E-state index is 9.36. The van der Waals surface area contributed by atoms with E-state index in [1.807, 2.05) is 25.6 Å². The van der Waals surface area contributed by atoms with Crippen LogP contribution in [-0.4, -0.2) is 27.0 Å². The van der Waals surface area contributed by atoms with Crippen LogP contribution in [0.25, 0.3) is 0 Å². The maximum Gasteiger partial charge on any atom is 0.0644 e. The van der Waals surface area contributed by atoms with Gasteiger partial charge in [0.2, 0.25) is 0 Å². The van der Waals surface area contributed by atoms with Crippen LogP contribution in [0.2, 0.25) is 0 Å². The van der Waals surface area contributed by atoms with E-state index in [1.54, 1.807) is 0 Å². The molecular formula is C13H25N3O. The van der Waals surface area contributed by atoms with E-state index in [-0.39, 0.29) is 12.1 Å². The van der Waals surface area contributed by atoms with Crippen molar-refractivity contribution in [2.24, 2.45) is 7.05 Å². The largest absolute Gasteiger partial charge is 0.393 e. The Hall–Kier alpha value is -0.870. The van der Waals surface area contributed by atoms with E-state index < -0.39 is 0 Å². The van der Waals surface area contributed by atoms with Gasteiger partial charge in [-0.3, -0.25) is 4.68 Å². The maximum atomic E-state index is 9.36. The van der Waals surface area contributed by atoms with Crippen molar-refractivity contribution in [2.75, 3.05) is 0 Å². The second-order valence-electron chi connectivity index (χ2n) is 5.08. The number of rotatable bonds is 5. The molecule has 0 saturated heterocycles. The number of aryl methyl sites for hydroxylation is 2. The SMILES string of the molecule is Cc1nn(C)c(C)c1C(C)NC(C)CC(C)O. The molecule has 3 unspecified atom stereocenters. The first-order valence-corrected chi connectivity index (χ1v) is 6.27. The van der Waals surface area contributed by atoms with Crippen molar-refractivity contribution in [1.29, 1.82) is 0 Å². The zero-order valence-corrected chi connectivity index (χ0v) is 11.8. The molecule has 17 heavy (non-hydrogen) atoms. The first-order valence-electron chi connectivity index (χ1n) is 6.27. The molecule has 98 valence electrons. The molecule has 0 amide bonds. The van der Waals surface area contributed by atoms with E-state index in [1.165, 1.54) is 11.3 Å². The van der Waals surface area contributed by atoms with Crippen LogP contribution in [0.3, 0.4) is 0 Å². The molecule has 0 aromatic carbocycles. The standard InChI is InChI=1S/C13H25N3O/c1-8(7-9(2)17)14-10(3)13-11(4)15-16(6)12(13)5/h8-10,14,17H,7H2,1-6H3. The molecule has 1 aromatic heterocycles. The minimum Gasteiger partial charge on any atom is -0.393 e. The molecular weight excluding hydrogens is 214 g/mol. The Kier molecular flexibility index (Phi) is 4.71. The van der Waals surface area contributed by atoms with Gasteiger partial charge in [-0.25, -0.2) is 0 Å². The van der Waals surface area contributed by atoms with E-state index in [2.05, 4.69) is 31.2 Å². The van der Waals surface area contributed by atoms with Crippen molar-refractivity contribution in [3.8, 4) is 0 Å². The summed E-state index contributed by atoms with van der Waals surface area (Å²) in [5, 5.41) is 17.3. The number of nitrogens with zero attached hydrogens (tertiary/aromatic N) is 2. The fourth-order valence-corrected chi connectivity index (χ4v) is 2.51. The van der Waals surface area contributed by atoms with Crippen LogP contribution in [0.15, 0.2) is 0 Å². The highest BCUT2D eigenvalue weighted by Gasteiger charge is 2.18.